The van der Waals surface area contributed by atoms with E-state index in [1.807, 2.05) is 84.9 Å². The Hall–Kier alpha value is -5.44. The normalized spacial score (nSPS) is 18.7. The number of aliphatic hydroxyl groups is 1. The van der Waals surface area contributed by atoms with Crippen molar-refractivity contribution in [3.63, 3.8) is 0 Å². The zero-order chi connectivity index (χ0) is 40.4. The molecular formula is C44H49N5O7Si. The Balaban J connectivity index is 1.28. The lowest BCUT2D eigenvalue weighted by Crippen LogP contribution is -2.48. The minimum absolute atomic E-state index is 0.0193. The first-order chi connectivity index (χ1) is 27.4. The molecule has 0 spiro atoms. The van der Waals surface area contributed by atoms with Gasteiger partial charge in [0.2, 0.25) is 5.95 Å². The van der Waals surface area contributed by atoms with Gasteiger partial charge in [-0.2, -0.15) is 9.61 Å². The van der Waals surface area contributed by atoms with E-state index in [2.05, 4.69) is 54.2 Å². The molecule has 0 bridgehead atoms. The van der Waals surface area contributed by atoms with Crippen molar-refractivity contribution in [2.75, 3.05) is 26.1 Å². The number of fused-ring (bicyclic) bond motifs is 1. The molecule has 7 rings (SSSR count). The van der Waals surface area contributed by atoms with E-state index >= 15 is 0 Å². The molecule has 13 heteroatoms. The highest BCUT2D eigenvalue weighted by Gasteiger charge is 2.52. The number of methoxy groups -OCH3 is 2. The number of ether oxygens (including phenoxy) is 4. The molecule has 0 radical (unpaired) electrons. The number of hydrogen-bond donors (Lipinski definition) is 2. The third-order valence-electron chi connectivity index (χ3n) is 11.1. The van der Waals surface area contributed by atoms with Crippen LogP contribution in [-0.2, 0) is 19.5 Å². The quantitative estimate of drug-likeness (QED) is 0.0890. The molecular weight excluding hydrogens is 739 g/mol. The van der Waals surface area contributed by atoms with Crippen LogP contribution in [0.15, 0.2) is 122 Å². The number of anilines is 1. The number of rotatable bonds is 13. The van der Waals surface area contributed by atoms with Gasteiger partial charge in [0.1, 0.15) is 47.8 Å². The second-order valence-corrected chi connectivity index (χ2v) is 20.4. The fraction of sp³-hybridized carbons (Fsp3) is 0.318. The maximum absolute atomic E-state index is 13.1. The summed E-state index contributed by atoms with van der Waals surface area (Å²) >= 11 is 0. The molecule has 2 N–H and O–H groups in total. The molecule has 4 atom stereocenters. The highest BCUT2D eigenvalue weighted by molar-refractivity contribution is 6.74. The third-order valence-corrected chi connectivity index (χ3v) is 15.6. The van der Waals surface area contributed by atoms with Gasteiger partial charge in [0.25, 0.3) is 5.91 Å². The van der Waals surface area contributed by atoms with Gasteiger partial charge < -0.3 is 28.5 Å². The zero-order valence-electron chi connectivity index (χ0n) is 33.2. The fourth-order valence-corrected chi connectivity index (χ4v) is 8.23. The molecule has 1 aliphatic heterocycles. The molecule has 0 saturated carbocycles. The van der Waals surface area contributed by atoms with Gasteiger partial charge in [0.05, 0.1) is 27.0 Å². The average molecular weight is 788 g/mol. The first-order valence-electron chi connectivity index (χ1n) is 18.9. The summed E-state index contributed by atoms with van der Waals surface area (Å²) in [7, 11) is 0.776. The summed E-state index contributed by atoms with van der Waals surface area (Å²) in [6.45, 7) is 10.7. The summed E-state index contributed by atoms with van der Waals surface area (Å²) in [4.78, 5) is 22.0. The number of aliphatic hydroxyl groups excluding tert-OH is 1. The number of amides is 1. The Morgan fingerprint density at radius 3 is 1.95 bits per heavy atom. The summed E-state index contributed by atoms with van der Waals surface area (Å²) in [6, 6.07) is 34.4. The van der Waals surface area contributed by atoms with Gasteiger partial charge in [-0.05, 0) is 71.2 Å². The fourth-order valence-electron chi connectivity index (χ4n) is 6.94. The van der Waals surface area contributed by atoms with Gasteiger partial charge in [-0.15, -0.1) is 0 Å². The number of nitrogens with zero attached hydrogens (tertiary/aromatic N) is 4. The molecule has 2 aromatic heterocycles. The summed E-state index contributed by atoms with van der Waals surface area (Å²) in [5, 5.41) is 19.6. The van der Waals surface area contributed by atoms with Crippen LogP contribution in [0.25, 0.3) is 5.65 Å². The molecule has 0 unspecified atom stereocenters. The van der Waals surface area contributed by atoms with E-state index in [4.69, 9.17) is 23.4 Å². The lowest BCUT2D eigenvalue weighted by atomic mass is 9.80. The number of hydrogen-bond acceptors (Lipinski definition) is 10. The molecule has 1 amide bonds. The van der Waals surface area contributed by atoms with Crippen LogP contribution in [0.1, 0.15) is 59.5 Å². The van der Waals surface area contributed by atoms with E-state index in [-0.39, 0.29) is 23.5 Å². The van der Waals surface area contributed by atoms with Crippen molar-refractivity contribution in [2.45, 2.75) is 68.9 Å². The number of carbonyl (C=O) groups excluding carboxylic acids is 1. The van der Waals surface area contributed by atoms with Crippen LogP contribution in [0.2, 0.25) is 18.1 Å². The molecule has 296 valence electrons. The number of carbonyl (C=O) groups is 1. The predicted octanol–water partition coefficient (Wildman–Crippen LogP) is 7.59. The van der Waals surface area contributed by atoms with E-state index in [1.165, 1.54) is 10.8 Å². The van der Waals surface area contributed by atoms with Gasteiger partial charge in [0, 0.05) is 11.1 Å². The first-order valence-corrected chi connectivity index (χ1v) is 21.8. The highest BCUT2D eigenvalue weighted by Crippen LogP contribution is 2.46. The Morgan fingerprint density at radius 2 is 1.39 bits per heavy atom. The van der Waals surface area contributed by atoms with Crippen molar-refractivity contribution < 1.29 is 33.3 Å². The summed E-state index contributed by atoms with van der Waals surface area (Å²) in [5.74, 6) is 1.26. The molecule has 1 aliphatic rings. The van der Waals surface area contributed by atoms with Gasteiger partial charge in [-0.3, -0.25) is 10.1 Å². The Kier molecular flexibility index (Phi) is 11.3. The minimum Gasteiger partial charge on any atom is -0.497 e. The monoisotopic (exact) mass is 787 g/mol. The molecule has 1 saturated heterocycles. The average Bonchev–Trinajstić information content (AvgIpc) is 3.79. The zero-order valence-corrected chi connectivity index (χ0v) is 34.2. The molecule has 3 heterocycles. The van der Waals surface area contributed by atoms with Crippen LogP contribution < -0.4 is 14.8 Å². The highest BCUT2D eigenvalue weighted by atomic mass is 28.4. The van der Waals surface area contributed by atoms with Gasteiger partial charge in [-0.1, -0.05) is 93.6 Å². The number of benzene rings is 4. The van der Waals surface area contributed by atoms with E-state index in [0.717, 1.165) is 16.7 Å². The number of aromatic nitrogens is 4. The van der Waals surface area contributed by atoms with Crippen LogP contribution in [0.5, 0.6) is 11.5 Å². The largest absolute Gasteiger partial charge is 0.497 e. The van der Waals surface area contributed by atoms with Crippen molar-refractivity contribution in [3.8, 4) is 11.5 Å². The molecule has 4 aromatic carbocycles. The van der Waals surface area contributed by atoms with Crippen molar-refractivity contribution in [1.29, 1.82) is 0 Å². The lowest BCUT2D eigenvalue weighted by molar-refractivity contribution is -0.0826. The van der Waals surface area contributed by atoms with E-state index in [9.17, 15) is 9.90 Å². The SMILES string of the molecule is COc1ccc(C(OC[C@H]2O[C@@H](c3cnn4c(NC(=O)c5ccccc5)ncnc34)[C@H](O[Si](C)(C)C(C)(C)C)[C@@H]2O)(c2ccccc2)c2ccc(OC)cc2)cc1. The molecule has 57 heavy (non-hydrogen) atoms. The lowest BCUT2D eigenvalue weighted by Gasteiger charge is -2.40. The topological polar surface area (TPSA) is 139 Å². The van der Waals surface area contributed by atoms with E-state index in [0.29, 0.717) is 28.3 Å². The summed E-state index contributed by atoms with van der Waals surface area (Å²) in [5.41, 5.74) is 2.90. The molecule has 1 fully saturated rings. The van der Waals surface area contributed by atoms with Gasteiger partial charge in [0.15, 0.2) is 14.0 Å². The second-order valence-electron chi connectivity index (χ2n) is 15.6. The van der Waals surface area contributed by atoms with Crippen molar-refractivity contribution >= 4 is 25.8 Å². The molecule has 0 aliphatic carbocycles. The molecule has 6 aromatic rings. The van der Waals surface area contributed by atoms with Crippen molar-refractivity contribution in [2.24, 2.45) is 0 Å². The molecule has 12 nitrogen and oxygen atoms in total. The van der Waals surface area contributed by atoms with Crippen LogP contribution in [0, 0.1) is 0 Å². The Morgan fingerprint density at radius 1 is 0.825 bits per heavy atom. The van der Waals surface area contributed by atoms with Crippen molar-refractivity contribution in [1.82, 2.24) is 19.6 Å². The van der Waals surface area contributed by atoms with Gasteiger partial charge >= 0.3 is 0 Å². The first kappa shape index (κ1) is 39.8. The maximum atomic E-state index is 13.1. The van der Waals surface area contributed by atoms with Gasteiger partial charge in [-0.25, -0.2) is 9.97 Å². The standard InChI is InChI=1S/C44H49N5O7Si/c1-43(2,3)57(6,7)56-39-37(50)36(55-38(39)35-26-47-49-40(35)45-28-46-42(49)48-41(51)29-14-10-8-11-15-29)27-54-44(30-16-12-9-13-17-30,31-18-22-33(52-4)23-19-31)32-20-24-34(53-5)25-21-32/h8-26,28,36-39,50H,27H2,1-7H3,(H,45,46,48,51)/t36-,37-,38+,39-/m1/s1. The number of nitrogens with one attached hydrogen (secondary N) is 1. The van der Waals surface area contributed by atoms with Crippen LogP contribution >= 0.6 is 0 Å². The second kappa shape index (κ2) is 16.2. The van der Waals surface area contributed by atoms with Crippen LogP contribution in [0.4, 0.5) is 5.95 Å². The van der Waals surface area contributed by atoms with Crippen LogP contribution in [0.3, 0.4) is 0 Å². The smallest absolute Gasteiger partial charge is 0.258 e. The Bertz CT molecular complexity index is 2230. The maximum Gasteiger partial charge on any atom is 0.258 e. The van der Waals surface area contributed by atoms with E-state index in [1.54, 1.807) is 44.7 Å². The van der Waals surface area contributed by atoms with Crippen LogP contribution in [-0.4, -0.2) is 78.1 Å². The Labute approximate surface area is 333 Å². The third kappa shape index (κ3) is 7.81. The van der Waals surface area contributed by atoms with Crippen molar-refractivity contribution in [3.05, 3.63) is 150 Å². The summed E-state index contributed by atoms with van der Waals surface area (Å²) < 4.78 is 33.6. The summed E-state index contributed by atoms with van der Waals surface area (Å²) in [6.07, 6.45) is -0.515. The van der Waals surface area contributed by atoms with E-state index < -0.39 is 38.3 Å². The predicted molar refractivity (Wildman–Crippen MR) is 219 cm³/mol. The minimum atomic E-state index is -2.49.